The summed E-state index contributed by atoms with van der Waals surface area (Å²) < 4.78 is 86.1. The van der Waals surface area contributed by atoms with Crippen molar-refractivity contribution in [2.24, 2.45) is 0 Å². The number of rotatable bonds is 6. The summed E-state index contributed by atoms with van der Waals surface area (Å²) in [5, 5.41) is 2.20. The monoisotopic (exact) mass is 417 g/mol. The highest BCUT2D eigenvalue weighted by atomic mass is 19.2. The molecule has 0 saturated heterocycles. The summed E-state index contributed by atoms with van der Waals surface area (Å²) in [6.45, 7) is 1.97. The number of nitrogens with one attached hydrogen (secondary N) is 1. The van der Waals surface area contributed by atoms with Crippen molar-refractivity contribution in [1.29, 1.82) is 0 Å². The molecule has 0 aliphatic carbocycles. The number of carbonyl (C=O) groups excluding carboxylic acids is 2. The van der Waals surface area contributed by atoms with Crippen LogP contribution in [0, 0.1) is 41.8 Å². The first kappa shape index (κ1) is 22.0. The van der Waals surface area contributed by atoms with Gasteiger partial charge in [0, 0.05) is 17.8 Å². The Kier molecular flexibility index (Phi) is 6.68. The lowest BCUT2D eigenvalue weighted by molar-refractivity contribution is -0.138. The van der Waals surface area contributed by atoms with Crippen LogP contribution in [0.1, 0.15) is 22.8 Å². The molecule has 0 aromatic heterocycles. The number of halogens is 6. The molecule has 0 aliphatic rings. The summed E-state index contributed by atoms with van der Waals surface area (Å²) in [5.74, 6) is -13.0. The Morgan fingerprint density at radius 2 is 1.62 bits per heavy atom. The van der Waals surface area contributed by atoms with Crippen LogP contribution in [0.15, 0.2) is 30.0 Å². The maximum atomic E-state index is 14.1. The summed E-state index contributed by atoms with van der Waals surface area (Å²) in [5.41, 5.74) is -3.44. The first-order chi connectivity index (χ1) is 13.6. The van der Waals surface area contributed by atoms with E-state index in [0.717, 1.165) is 19.1 Å². The van der Waals surface area contributed by atoms with Gasteiger partial charge in [0.05, 0.1) is 17.9 Å². The number of hydrogen-bond acceptors (Lipinski definition) is 4. The van der Waals surface area contributed by atoms with E-state index in [4.69, 9.17) is 0 Å². The Balaban J connectivity index is 2.56. The minimum atomic E-state index is -2.24. The van der Waals surface area contributed by atoms with Gasteiger partial charge in [0.1, 0.15) is 17.2 Å². The van der Waals surface area contributed by atoms with Gasteiger partial charge in [0.15, 0.2) is 23.3 Å². The fourth-order valence-electron chi connectivity index (χ4n) is 2.33. The van der Waals surface area contributed by atoms with Gasteiger partial charge >= 0.3 is 5.97 Å². The second-order valence-electron chi connectivity index (χ2n) is 5.63. The van der Waals surface area contributed by atoms with E-state index < -0.39 is 63.4 Å². The molecule has 4 nitrogen and oxygen atoms in total. The number of carbonyl (C=O) groups is 2. The smallest absolute Gasteiger partial charge is 0.343 e. The summed E-state index contributed by atoms with van der Waals surface area (Å²) >= 11 is 0. The number of anilines is 1. The molecular formula is C19H13F6NO3. The van der Waals surface area contributed by atoms with E-state index in [9.17, 15) is 35.9 Å². The molecule has 0 atom stereocenters. The fourth-order valence-corrected chi connectivity index (χ4v) is 2.33. The van der Waals surface area contributed by atoms with E-state index in [2.05, 4.69) is 10.1 Å². The molecule has 29 heavy (non-hydrogen) atoms. The van der Waals surface area contributed by atoms with Crippen molar-refractivity contribution in [3.05, 3.63) is 76.0 Å². The zero-order valence-corrected chi connectivity index (χ0v) is 15.0. The lowest BCUT2D eigenvalue weighted by atomic mass is 9.97. The Labute approximate surface area is 160 Å². The van der Waals surface area contributed by atoms with Gasteiger partial charge in [-0.15, -0.1) is 0 Å². The van der Waals surface area contributed by atoms with E-state index in [0.29, 0.717) is 12.3 Å². The van der Waals surface area contributed by atoms with Crippen molar-refractivity contribution in [1.82, 2.24) is 0 Å². The van der Waals surface area contributed by atoms with Gasteiger partial charge in [0.25, 0.3) is 0 Å². The number of hydrogen-bond donors (Lipinski definition) is 1. The third kappa shape index (κ3) is 4.41. The van der Waals surface area contributed by atoms with Crippen LogP contribution in [0.2, 0.25) is 0 Å². The van der Waals surface area contributed by atoms with E-state index in [1.54, 1.807) is 0 Å². The molecule has 0 fully saturated rings. The van der Waals surface area contributed by atoms with Crippen LogP contribution >= 0.6 is 0 Å². The Morgan fingerprint density at radius 1 is 1.00 bits per heavy atom. The van der Waals surface area contributed by atoms with Crippen molar-refractivity contribution in [2.75, 3.05) is 11.9 Å². The molecule has 2 aromatic rings. The molecule has 10 heteroatoms. The van der Waals surface area contributed by atoms with Gasteiger partial charge in [-0.25, -0.2) is 31.1 Å². The SMILES string of the molecule is CCOC(=O)/C(=C\Nc1ccc(F)cc1F)C(=O)c1c(C)c(F)c(F)c(F)c1F. The third-order valence-electron chi connectivity index (χ3n) is 3.77. The Hall–Kier alpha value is -3.30. The molecule has 2 aromatic carbocycles. The fraction of sp³-hybridized carbons (Fsp3) is 0.158. The van der Waals surface area contributed by atoms with Crippen molar-refractivity contribution in [3.63, 3.8) is 0 Å². The predicted octanol–water partition coefficient (Wildman–Crippen LogP) is 4.57. The first-order valence-electron chi connectivity index (χ1n) is 8.06. The highest BCUT2D eigenvalue weighted by Gasteiger charge is 2.31. The largest absolute Gasteiger partial charge is 0.462 e. The standard InChI is InChI=1S/C19H13F6NO3/c1-3-29-19(28)10(7-26-12-5-4-9(20)6-11(12)21)18(27)13-8(2)14(22)16(24)17(25)15(13)23/h4-7,26H,3H2,1-2H3/b10-7-. The second kappa shape index (κ2) is 8.80. The number of ketones is 1. The summed E-state index contributed by atoms with van der Waals surface area (Å²) in [6.07, 6.45) is 0.606. The summed E-state index contributed by atoms with van der Waals surface area (Å²) in [4.78, 5) is 24.7. The van der Waals surface area contributed by atoms with Crippen LogP contribution in [0.25, 0.3) is 0 Å². The summed E-state index contributed by atoms with van der Waals surface area (Å²) in [6, 6.07) is 2.33. The molecule has 1 N–H and O–H groups in total. The molecule has 0 radical (unpaired) electrons. The molecule has 0 spiro atoms. The van der Waals surface area contributed by atoms with E-state index in [1.165, 1.54) is 6.92 Å². The van der Waals surface area contributed by atoms with Crippen molar-refractivity contribution < 1.29 is 40.7 Å². The first-order valence-corrected chi connectivity index (χ1v) is 8.06. The Bertz CT molecular complexity index is 990. The second-order valence-corrected chi connectivity index (χ2v) is 5.63. The number of esters is 1. The molecule has 2 rings (SSSR count). The Morgan fingerprint density at radius 3 is 2.21 bits per heavy atom. The number of benzene rings is 2. The van der Waals surface area contributed by atoms with Crippen molar-refractivity contribution in [2.45, 2.75) is 13.8 Å². The van der Waals surface area contributed by atoms with Gasteiger partial charge < -0.3 is 10.1 Å². The predicted molar refractivity (Wildman–Crippen MR) is 90.0 cm³/mol. The van der Waals surface area contributed by atoms with Gasteiger partial charge in [0.2, 0.25) is 5.78 Å². The average molecular weight is 417 g/mol. The highest BCUT2D eigenvalue weighted by Crippen LogP contribution is 2.26. The van der Waals surface area contributed by atoms with Gasteiger partial charge in [-0.2, -0.15) is 0 Å². The third-order valence-corrected chi connectivity index (χ3v) is 3.77. The maximum absolute atomic E-state index is 14.1. The molecule has 0 amide bonds. The molecule has 0 heterocycles. The maximum Gasteiger partial charge on any atom is 0.343 e. The average Bonchev–Trinajstić information content (AvgIpc) is 2.67. The van der Waals surface area contributed by atoms with Crippen LogP contribution in [-0.4, -0.2) is 18.4 Å². The quantitative estimate of drug-likeness (QED) is 0.109. The van der Waals surface area contributed by atoms with Gasteiger partial charge in [-0.3, -0.25) is 4.79 Å². The van der Waals surface area contributed by atoms with Crippen LogP contribution in [-0.2, 0) is 9.53 Å². The zero-order chi connectivity index (χ0) is 21.9. The molecule has 0 aliphatic heterocycles. The van der Waals surface area contributed by atoms with Crippen LogP contribution < -0.4 is 5.32 Å². The van der Waals surface area contributed by atoms with E-state index in [1.807, 2.05) is 0 Å². The highest BCUT2D eigenvalue weighted by molar-refractivity contribution is 6.24. The van der Waals surface area contributed by atoms with E-state index in [-0.39, 0.29) is 12.3 Å². The molecule has 0 bridgehead atoms. The van der Waals surface area contributed by atoms with E-state index >= 15 is 0 Å². The lowest BCUT2D eigenvalue weighted by Crippen LogP contribution is -2.21. The topological polar surface area (TPSA) is 55.4 Å². The molecular weight excluding hydrogens is 404 g/mol. The zero-order valence-electron chi connectivity index (χ0n) is 15.0. The van der Waals surface area contributed by atoms with Crippen LogP contribution in [0.3, 0.4) is 0 Å². The van der Waals surface area contributed by atoms with Crippen LogP contribution in [0.5, 0.6) is 0 Å². The normalized spacial score (nSPS) is 11.4. The molecule has 154 valence electrons. The minimum absolute atomic E-state index is 0.220. The van der Waals surface area contributed by atoms with Gasteiger partial charge in [-0.05, 0) is 26.0 Å². The lowest BCUT2D eigenvalue weighted by Gasteiger charge is -2.12. The molecule has 0 saturated carbocycles. The number of Topliss-reactive ketones (excluding diaryl/α,β-unsaturated/α-hetero) is 1. The van der Waals surface area contributed by atoms with Crippen molar-refractivity contribution in [3.8, 4) is 0 Å². The van der Waals surface area contributed by atoms with Gasteiger partial charge in [-0.1, -0.05) is 0 Å². The number of ether oxygens (including phenoxy) is 1. The minimum Gasteiger partial charge on any atom is -0.462 e. The van der Waals surface area contributed by atoms with Crippen LogP contribution in [0.4, 0.5) is 32.0 Å². The molecule has 0 unspecified atom stereocenters. The summed E-state index contributed by atoms with van der Waals surface area (Å²) in [7, 11) is 0. The van der Waals surface area contributed by atoms with Crippen molar-refractivity contribution >= 4 is 17.4 Å².